The smallest absolute Gasteiger partial charge is 0.133 e. The molecule has 4 heteroatoms. The SMILES string of the molecule is CCCOc1cc(N)cc(Oc2cccc(Cl)c2)c1. The van der Waals surface area contributed by atoms with Gasteiger partial charge in [-0.25, -0.2) is 0 Å². The summed E-state index contributed by atoms with van der Waals surface area (Å²) in [6.07, 6.45) is 0.944. The van der Waals surface area contributed by atoms with Gasteiger partial charge in [0.25, 0.3) is 0 Å². The molecule has 2 N–H and O–H groups in total. The second-order valence-electron chi connectivity index (χ2n) is 4.15. The van der Waals surface area contributed by atoms with Crippen molar-refractivity contribution < 1.29 is 9.47 Å². The highest BCUT2D eigenvalue weighted by atomic mass is 35.5. The topological polar surface area (TPSA) is 44.5 Å². The van der Waals surface area contributed by atoms with Crippen molar-refractivity contribution in [1.82, 2.24) is 0 Å². The van der Waals surface area contributed by atoms with E-state index in [9.17, 15) is 0 Å². The third kappa shape index (κ3) is 4.07. The predicted octanol–water partition coefficient (Wildman–Crippen LogP) is 4.50. The molecule has 2 rings (SSSR count). The van der Waals surface area contributed by atoms with E-state index in [0.29, 0.717) is 34.6 Å². The summed E-state index contributed by atoms with van der Waals surface area (Å²) in [7, 11) is 0. The van der Waals surface area contributed by atoms with Gasteiger partial charge in [0.05, 0.1) is 6.61 Å². The van der Waals surface area contributed by atoms with Crippen LogP contribution in [0.1, 0.15) is 13.3 Å². The van der Waals surface area contributed by atoms with E-state index in [1.54, 1.807) is 24.3 Å². The molecular weight excluding hydrogens is 262 g/mol. The monoisotopic (exact) mass is 277 g/mol. The minimum absolute atomic E-state index is 0.602. The number of nitrogens with two attached hydrogens (primary N) is 1. The van der Waals surface area contributed by atoms with Crippen molar-refractivity contribution in [2.75, 3.05) is 12.3 Å². The van der Waals surface area contributed by atoms with Crippen molar-refractivity contribution in [3.8, 4) is 17.2 Å². The van der Waals surface area contributed by atoms with Crippen LogP contribution in [-0.4, -0.2) is 6.61 Å². The van der Waals surface area contributed by atoms with Crippen LogP contribution in [0.5, 0.6) is 17.2 Å². The number of halogens is 1. The number of ether oxygens (including phenoxy) is 2. The Labute approximate surface area is 117 Å². The van der Waals surface area contributed by atoms with Crippen LogP contribution in [0.4, 0.5) is 5.69 Å². The van der Waals surface area contributed by atoms with Crippen molar-refractivity contribution in [1.29, 1.82) is 0 Å². The first-order valence-electron chi connectivity index (χ1n) is 6.14. The first-order chi connectivity index (χ1) is 9.17. The zero-order valence-electron chi connectivity index (χ0n) is 10.7. The van der Waals surface area contributed by atoms with E-state index < -0.39 is 0 Å². The normalized spacial score (nSPS) is 10.2. The summed E-state index contributed by atoms with van der Waals surface area (Å²) < 4.78 is 11.3. The van der Waals surface area contributed by atoms with Gasteiger partial charge in [0.2, 0.25) is 0 Å². The lowest BCUT2D eigenvalue weighted by Crippen LogP contribution is -1.97. The van der Waals surface area contributed by atoms with Gasteiger partial charge in [0.1, 0.15) is 17.2 Å². The minimum atomic E-state index is 0.602. The molecule has 0 saturated heterocycles. The average Bonchev–Trinajstić information content (AvgIpc) is 2.35. The number of hydrogen-bond acceptors (Lipinski definition) is 3. The molecule has 0 fully saturated rings. The minimum Gasteiger partial charge on any atom is -0.493 e. The van der Waals surface area contributed by atoms with E-state index >= 15 is 0 Å². The molecule has 0 aliphatic rings. The van der Waals surface area contributed by atoms with E-state index in [2.05, 4.69) is 6.92 Å². The summed E-state index contributed by atoms with van der Waals surface area (Å²) in [5, 5.41) is 0.629. The van der Waals surface area contributed by atoms with Crippen LogP contribution < -0.4 is 15.2 Å². The lowest BCUT2D eigenvalue weighted by Gasteiger charge is -2.10. The lowest BCUT2D eigenvalue weighted by molar-refractivity contribution is 0.316. The number of benzene rings is 2. The van der Waals surface area contributed by atoms with Gasteiger partial charge in [-0.15, -0.1) is 0 Å². The van der Waals surface area contributed by atoms with Gasteiger partial charge in [-0.05, 0) is 24.6 Å². The molecule has 0 aliphatic heterocycles. The number of hydrogen-bond donors (Lipinski definition) is 1. The van der Waals surface area contributed by atoms with Crippen LogP contribution in [0.2, 0.25) is 5.02 Å². The fourth-order valence-corrected chi connectivity index (χ4v) is 1.80. The van der Waals surface area contributed by atoms with E-state index in [4.69, 9.17) is 26.8 Å². The standard InChI is InChI=1S/C15H16ClNO2/c1-2-6-18-14-8-12(17)9-15(10-14)19-13-5-3-4-11(16)7-13/h3-5,7-10H,2,6,17H2,1H3. The number of rotatable bonds is 5. The molecule has 0 amide bonds. The zero-order chi connectivity index (χ0) is 13.7. The first-order valence-corrected chi connectivity index (χ1v) is 6.52. The van der Waals surface area contributed by atoms with E-state index in [1.165, 1.54) is 0 Å². The van der Waals surface area contributed by atoms with Crippen molar-refractivity contribution in [2.24, 2.45) is 0 Å². The van der Waals surface area contributed by atoms with Gasteiger partial charge in [-0.3, -0.25) is 0 Å². The summed E-state index contributed by atoms with van der Waals surface area (Å²) in [6.45, 7) is 2.70. The molecule has 2 aromatic carbocycles. The second-order valence-corrected chi connectivity index (χ2v) is 4.58. The van der Waals surface area contributed by atoms with E-state index in [1.807, 2.05) is 18.2 Å². The molecule has 0 spiro atoms. The summed E-state index contributed by atoms with van der Waals surface area (Å²) in [5.41, 5.74) is 6.43. The van der Waals surface area contributed by atoms with E-state index in [-0.39, 0.29) is 0 Å². The summed E-state index contributed by atoms with van der Waals surface area (Å²) >= 11 is 5.91. The summed E-state index contributed by atoms with van der Waals surface area (Å²) in [4.78, 5) is 0. The predicted molar refractivity (Wildman–Crippen MR) is 78.2 cm³/mol. The van der Waals surface area contributed by atoms with Gasteiger partial charge in [0, 0.05) is 28.9 Å². The Morgan fingerprint density at radius 2 is 1.84 bits per heavy atom. The third-order valence-corrected chi connectivity index (χ3v) is 2.64. The Morgan fingerprint density at radius 1 is 1.05 bits per heavy atom. The Bertz CT molecular complexity index is 558. The van der Waals surface area contributed by atoms with Crippen molar-refractivity contribution in [3.05, 3.63) is 47.5 Å². The lowest BCUT2D eigenvalue weighted by atomic mass is 10.3. The molecular formula is C15H16ClNO2. The highest BCUT2D eigenvalue weighted by Gasteiger charge is 2.03. The van der Waals surface area contributed by atoms with Crippen molar-refractivity contribution in [2.45, 2.75) is 13.3 Å². The number of anilines is 1. The third-order valence-electron chi connectivity index (χ3n) is 2.41. The Morgan fingerprint density at radius 3 is 2.58 bits per heavy atom. The van der Waals surface area contributed by atoms with Crippen LogP contribution >= 0.6 is 11.6 Å². The highest BCUT2D eigenvalue weighted by Crippen LogP contribution is 2.29. The maximum atomic E-state index is 5.91. The van der Waals surface area contributed by atoms with Gasteiger partial charge in [-0.2, -0.15) is 0 Å². The zero-order valence-corrected chi connectivity index (χ0v) is 11.5. The molecule has 0 bridgehead atoms. The maximum Gasteiger partial charge on any atom is 0.133 e. The van der Waals surface area contributed by atoms with Crippen molar-refractivity contribution in [3.63, 3.8) is 0 Å². The maximum absolute atomic E-state index is 5.91. The Hall–Kier alpha value is -1.87. The van der Waals surface area contributed by atoms with Crippen LogP contribution in [-0.2, 0) is 0 Å². The van der Waals surface area contributed by atoms with Crippen molar-refractivity contribution >= 4 is 17.3 Å². The van der Waals surface area contributed by atoms with Crippen LogP contribution in [0.25, 0.3) is 0 Å². The quantitative estimate of drug-likeness (QED) is 0.818. The van der Waals surface area contributed by atoms with Crippen LogP contribution in [0.15, 0.2) is 42.5 Å². The second kappa shape index (κ2) is 6.34. The highest BCUT2D eigenvalue weighted by molar-refractivity contribution is 6.30. The molecule has 0 aliphatic carbocycles. The Kier molecular flexibility index (Phi) is 4.53. The summed E-state index contributed by atoms with van der Waals surface area (Å²) in [6, 6.07) is 12.5. The molecule has 0 saturated carbocycles. The molecule has 3 nitrogen and oxygen atoms in total. The molecule has 19 heavy (non-hydrogen) atoms. The fourth-order valence-electron chi connectivity index (χ4n) is 1.62. The molecule has 2 aromatic rings. The van der Waals surface area contributed by atoms with E-state index in [0.717, 1.165) is 6.42 Å². The molecule has 100 valence electrons. The fraction of sp³-hybridized carbons (Fsp3) is 0.200. The van der Waals surface area contributed by atoms with Crippen LogP contribution in [0.3, 0.4) is 0 Å². The van der Waals surface area contributed by atoms with Gasteiger partial charge >= 0.3 is 0 Å². The largest absolute Gasteiger partial charge is 0.493 e. The number of nitrogen functional groups attached to an aromatic ring is 1. The van der Waals surface area contributed by atoms with Gasteiger partial charge in [-0.1, -0.05) is 24.6 Å². The van der Waals surface area contributed by atoms with Crippen LogP contribution in [0, 0.1) is 0 Å². The molecule has 0 heterocycles. The molecule has 0 unspecified atom stereocenters. The molecule has 0 radical (unpaired) electrons. The summed E-state index contributed by atoms with van der Waals surface area (Å²) in [5.74, 6) is 2.01. The molecule has 0 aromatic heterocycles. The van der Waals surface area contributed by atoms with Gasteiger partial charge < -0.3 is 15.2 Å². The average molecular weight is 278 g/mol. The Balaban J connectivity index is 2.17. The molecule has 0 atom stereocenters. The van der Waals surface area contributed by atoms with Gasteiger partial charge in [0.15, 0.2) is 0 Å². The first kappa shape index (κ1) is 13.6.